The van der Waals surface area contributed by atoms with E-state index in [1.165, 1.54) is 0 Å². The van der Waals surface area contributed by atoms with Crippen LogP contribution in [0, 0.1) is 12.7 Å². The van der Waals surface area contributed by atoms with E-state index in [4.69, 9.17) is 5.73 Å². The lowest BCUT2D eigenvalue weighted by Gasteiger charge is -2.34. The first-order chi connectivity index (χ1) is 6.18. The highest BCUT2D eigenvalue weighted by atomic mass is 19.1. The molecule has 0 aromatic heterocycles. The Hall–Kier alpha value is -0.890. The van der Waals surface area contributed by atoms with Crippen LogP contribution in [-0.4, -0.2) is 6.04 Å². The lowest BCUT2D eigenvalue weighted by atomic mass is 9.75. The summed E-state index contributed by atoms with van der Waals surface area (Å²) in [6, 6.07) is 5.68. The number of nitrogens with two attached hydrogens (primary N) is 1. The zero-order valence-electron chi connectivity index (χ0n) is 7.76. The van der Waals surface area contributed by atoms with Crippen LogP contribution in [0.5, 0.6) is 0 Å². The van der Waals surface area contributed by atoms with Crippen LogP contribution in [0.3, 0.4) is 0 Å². The number of halogens is 1. The van der Waals surface area contributed by atoms with Crippen molar-refractivity contribution in [2.45, 2.75) is 31.7 Å². The van der Waals surface area contributed by atoms with E-state index in [-0.39, 0.29) is 11.9 Å². The Morgan fingerprint density at radius 1 is 1.38 bits per heavy atom. The third-order valence-corrected chi connectivity index (χ3v) is 2.95. The minimum absolute atomic E-state index is 0.114. The summed E-state index contributed by atoms with van der Waals surface area (Å²) in [5, 5.41) is 0. The van der Waals surface area contributed by atoms with Gasteiger partial charge in [-0.2, -0.15) is 0 Å². The second-order valence-electron chi connectivity index (χ2n) is 3.86. The predicted octanol–water partition coefficient (Wildman–Crippen LogP) is 2.34. The molecule has 2 unspecified atom stereocenters. The maximum absolute atomic E-state index is 13.2. The Kier molecular flexibility index (Phi) is 2.08. The van der Waals surface area contributed by atoms with Gasteiger partial charge in [0.15, 0.2) is 0 Å². The van der Waals surface area contributed by atoms with Gasteiger partial charge in [0.05, 0.1) is 0 Å². The maximum Gasteiger partial charge on any atom is 0.126 e. The lowest BCUT2D eigenvalue weighted by Crippen LogP contribution is -2.37. The van der Waals surface area contributed by atoms with Crippen molar-refractivity contribution in [3.05, 3.63) is 35.1 Å². The Morgan fingerprint density at radius 2 is 2.15 bits per heavy atom. The van der Waals surface area contributed by atoms with E-state index in [2.05, 4.69) is 0 Å². The Morgan fingerprint density at radius 3 is 2.62 bits per heavy atom. The van der Waals surface area contributed by atoms with Crippen molar-refractivity contribution >= 4 is 0 Å². The van der Waals surface area contributed by atoms with Gasteiger partial charge < -0.3 is 5.73 Å². The highest BCUT2D eigenvalue weighted by Crippen LogP contribution is 2.35. The fourth-order valence-corrected chi connectivity index (χ4v) is 1.78. The van der Waals surface area contributed by atoms with E-state index in [1.54, 1.807) is 13.0 Å². The summed E-state index contributed by atoms with van der Waals surface area (Å²) >= 11 is 0. The number of hydrogen-bond donors (Lipinski definition) is 1. The summed E-state index contributed by atoms with van der Waals surface area (Å²) in [7, 11) is 0. The molecule has 0 aliphatic heterocycles. The number of aryl methyl sites for hydroxylation is 1. The Balaban J connectivity index is 2.26. The van der Waals surface area contributed by atoms with E-state index >= 15 is 0 Å². The highest BCUT2D eigenvalue weighted by molar-refractivity contribution is 5.28. The molecule has 2 N–H and O–H groups in total. The molecule has 0 radical (unpaired) electrons. The average Bonchev–Trinajstić information content (AvgIpc) is 2.09. The van der Waals surface area contributed by atoms with Crippen molar-refractivity contribution in [2.24, 2.45) is 5.73 Å². The molecule has 1 aliphatic carbocycles. The largest absolute Gasteiger partial charge is 0.327 e. The van der Waals surface area contributed by atoms with E-state index < -0.39 is 0 Å². The molecule has 1 fully saturated rings. The number of rotatable bonds is 1. The molecular weight excluding hydrogens is 165 g/mol. The zero-order chi connectivity index (χ0) is 9.42. The van der Waals surface area contributed by atoms with Gasteiger partial charge in [-0.15, -0.1) is 0 Å². The van der Waals surface area contributed by atoms with Gasteiger partial charge in [0, 0.05) is 6.04 Å². The molecule has 0 saturated heterocycles. The Bertz CT molecular complexity index is 322. The molecule has 0 spiro atoms. The highest BCUT2D eigenvalue weighted by Gasteiger charge is 2.28. The SMILES string of the molecule is Cc1ccc(C2CCC2N)cc1F. The quantitative estimate of drug-likeness (QED) is 0.703. The first-order valence-electron chi connectivity index (χ1n) is 4.70. The first-order valence-corrected chi connectivity index (χ1v) is 4.70. The molecule has 1 aliphatic rings. The van der Waals surface area contributed by atoms with Gasteiger partial charge >= 0.3 is 0 Å². The van der Waals surface area contributed by atoms with Gasteiger partial charge in [0.1, 0.15) is 5.82 Å². The van der Waals surface area contributed by atoms with Gasteiger partial charge in [0.25, 0.3) is 0 Å². The second kappa shape index (κ2) is 3.11. The molecular formula is C11H14FN. The third kappa shape index (κ3) is 1.46. The van der Waals surface area contributed by atoms with Crippen LogP contribution in [0.25, 0.3) is 0 Å². The van der Waals surface area contributed by atoms with Gasteiger partial charge in [-0.1, -0.05) is 12.1 Å². The monoisotopic (exact) mass is 179 g/mol. The summed E-state index contributed by atoms with van der Waals surface area (Å²) in [4.78, 5) is 0. The number of benzene rings is 1. The molecule has 0 bridgehead atoms. The standard InChI is InChI=1S/C11H14FN/c1-7-2-3-8(6-10(7)12)9-4-5-11(9)13/h2-3,6,9,11H,4-5,13H2,1H3. The lowest BCUT2D eigenvalue weighted by molar-refractivity contribution is 0.345. The molecule has 1 nitrogen and oxygen atoms in total. The zero-order valence-corrected chi connectivity index (χ0v) is 7.76. The van der Waals surface area contributed by atoms with Crippen molar-refractivity contribution in [3.63, 3.8) is 0 Å². The maximum atomic E-state index is 13.2. The summed E-state index contributed by atoms with van der Waals surface area (Å²) in [6.45, 7) is 1.78. The summed E-state index contributed by atoms with van der Waals surface area (Å²) in [5.74, 6) is 0.270. The molecule has 1 aromatic carbocycles. The van der Waals surface area contributed by atoms with E-state index in [9.17, 15) is 4.39 Å². The molecule has 2 heteroatoms. The summed E-state index contributed by atoms with van der Waals surface area (Å²) in [6.07, 6.45) is 2.17. The predicted molar refractivity (Wildman–Crippen MR) is 51.1 cm³/mol. The van der Waals surface area contributed by atoms with E-state index in [0.29, 0.717) is 11.5 Å². The van der Waals surface area contributed by atoms with Gasteiger partial charge in [-0.3, -0.25) is 0 Å². The summed E-state index contributed by atoms with van der Waals surface area (Å²) in [5.41, 5.74) is 7.58. The third-order valence-electron chi connectivity index (χ3n) is 2.95. The van der Waals surface area contributed by atoms with Gasteiger partial charge in [-0.05, 0) is 42.9 Å². The molecule has 1 saturated carbocycles. The van der Waals surface area contributed by atoms with Crippen molar-refractivity contribution < 1.29 is 4.39 Å². The van der Waals surface area contributed by atoms with Crippen molar-refractivity contribution in [3.8, 4) is 0 Å². The molecule has 2 atom stereocenters. The topological polar surface area (TPSA) is 26.0 Å². The normalized spacial score (nSPS) is 27.0. The second-order valence-corrected chi connectivity index (χ2v) is 3.86. The fourth-order valence-electron chi connectivity index (χ4n) is 1.78. The molecule has 2 rings (SSSR count). The average molecular weight is 179 g/mol. The Labute approximate surface area is 77.8 Å². The molecule has 70 valence electrons. The van der Waals surface area contributed by atoms with Crippen LogP contribution in [0.2, 0.25) is 0 Å². The minimum atomic E-state index is -0.114. The van der Waals surface area contributed by atoms with Crippen molar-refractivity contribution in [1.29, 1.82) is 0 Å². The van der Waals surface area contributed by atoms with Crippen molar-refractivity contribution in [2.75, 3.05) is 0 Å². The fraction of sp³-hybridized carbons (Fsp3) is 0.455. The van der Waals surface area contributed by atoms with Gasteiger partial charge in [0.2, 0.25) is 0 Å². The van der Waals surface area contributed by atoms with E-state index in [0.717, 1.165) is 18.4 Å². The van der Waals surface area contributed by atoms with Crippen LogP contribution >= 0.6 is 0 Å². The smallest absolute Gasteiger partial charge is 0.126 e. The van der Waals surface area contributed by atoms with Crippen LogP contribution < -0.4 is 5.73 Å². The van der Waals surface area contributed by atoms with Gasteiger partial charge in [-0.25, -0.2) is 4.39 Å². The van der Waals surface area contributed by atoms with Crippen molar-refractivity contribution in [1.82, 2.24) is 0 Å². The first kappa shape index (κ1) is 8.70. The molecule has 1 aromatic rings. The van der Waals surface area contributed by atoms with Crippen LogP contribution in [0.1, 0.15) is 29.9 Å². The molecule has 13 heavy (non-hydrogen) atoms. The van der Waals surface area contributed by atoms with Crippen LogP contribution in [-0.2, 0) is 0 Å². The summed E-state index contributed by atoms with van der Waals surface area (Å²) < 4.78 is 13.2. The molecule has 0 heterocycles. The molecule has 0 amide bonds. The van der Waals surface area contributed by atoms with Crippen LogP contribution in [0.4, 0.5) is 4.39 Å². The van der Waals surface area contributed by atoms with E-state index in [1.807, 2.05) is 12.1 Å². The van der Waals surface area contributed by atoms with Crippen LogP contribution in [0.15, 0.2) is 18.2 Å². The minimum Gasteiger partial charge on any atom is -0.327 e. The number of hydrogen-bond acceptors (Lipinski definition) is 1.